The highest BCUT2D eigenvalue weighted by molar-refractivity contribution is 7.98. The minimum absolute atomic E-state index is 0.144. The quantitative estimate of drug-likeness (QED) is 0.674. The second-order valence-corrected chi connectivity index (χ2v) is 4.50. The molecule has 19 heavy (non-hydrogen) atoms. The van der Waals surface area contributed by atoms with Crippen LogP contribution in [0.25, 0.3) is 0 Å². The fraction of sp³-hybridized carbons (Fsp3) is 0.167. The van der Waals surface area contributed by atoms with Gasteiger partial charge in [-0.25, -0.2) is 0 Å². The molecule has 0 saturated carbocycles. The van der Waals surface area contributed by atoms with Gasteiger partial charge in [-0.2, -0.15) is 9.78 Å². The molecule has 0 spiro atoms. The van der Waals surface area contributed by atoms with Crippen molar-refractivity contribution in [2.45, 2.75) is 12.1 Å². The van der Waals surface area contributed by atoms with Crippen LogP contribution >= 0.6 is 11.8 Å². The molecular weight excluding hydrogens is 264 g/mol. The van der Waals surface area contributed by atoms with Gasteiger partial charge in [0.05, 0.1) is 6.21 Å². The molecule has 0 saturated heterocycles. The highest BCUT2D eigenvalue weighted by Gasteiger charge is 2.06. The number of thioether (sulfide) groups is 1. The van der Waals surface area contributed by atoms with Crippen LogP contribution in [0.1, 0.15) is 11.3 Å². The highest BCUT2D eigenvalue weighted by atomic mass is 32.2. The smallest absolute Gasteiger partial charge is 0.296 e. The number of phenols is 1. The second kappa shape index (κ2) is 5.66. The average Bonchev–Trinajstić information content (AvgIpc) is 2.40. The Balaban J connectivity index is 2.43. The summed E-state index contributed by atoms with van der Waals surface area (Å²) in [6.07, 6.45) is 3.28. The van der Waals surface area contributed by atoms with E-state index in [9.17, 15) is 9.90 Å². The Morgan fingerprint density at radius 1 is 1.42 bits per heavy atom. The monoisotopic (exact) mass is 276 g/mol. The Morgan fingerprint density at radius 2 is 2.21 bits per heavy atom. The zero-order valence-corrected chi connectivity index (χ0v) is 11.3. The molecule has 0 fully saturated rings. The van der Waals surface area contributed by atoms with E-state index < -0.39 is 0 Å². The summed E-state index contributed by atoms with van der Waals surface area (Å²) in [5.41, 5.74) is 0.662. The Kier molecular flexibility index (Phi) is 3.96. The van der Waals surface area contributed by atoms with Gasteiger partial charge < -0.3 is 5.11 Å². The van der Waals surface area contributed by atoms with Crippen LogP contribution < -0.4 is 5.56 Å². The van der Waals surface area contributed by atoms with E-state index in [0.29, 0.717) is 10.7 Å². The maximum atomic E-state index is 11.9. The van der Waals surface area contributed by atoms with Gasteiger partial charge in [-0.3, -0.25) is 4.79 Å². The molecule has 98 valence electrons. The van der Waals surface area contributed by atoms with E-state index in [1.54, 1.807) is 37.4 Å². The summed E-state index contributed by atoms with van der Waals surface area (Å²) in [5, 5.41) is 21.5. The number of benzene rings is 1. The molecule has 0 bridgehead atoms. The van der Waals surface area contributed by atoms with Crippen molar-refractivity contribution in [2.24, 2.45) is 5.10 Å². The van der Waals surface area contributed by atoms with Crippen molar-refractivity contribution in [2.75, 3.05) is 6.26 Å². The van der Waals surface area contributed by atoms with Crippen LogP contribution in [-0.2, 0) is 0 Å². The molecule has 0 unspecified atom stereocenters. The lowest BCUT2D eigenvalue weighted by Gasteiger charge is -2.03. The lowest BCUT2D eigenvalue weighted by molar-refractivity contribution is 0.475. The van der Waals surface area contributed by atoms with Crippen molar-refractivity contribution < 1.29 is 5.11 Å². The molecule has 0 aliphatic heterocycles. The van der Waals surface area contributed by atoms with Gasteiger partial charge in [0.25, 0.3) is 5.56 Å². The average molecular weight is 276 g/mol. The Labute approximate surface area is 113 Å². The van der Waals surface area contributed by atoms with Gasteiger partial charge in [-0.05, 0) is 30.9 Å². The number of aryl methyl sites for hydroxylation is 1. The molecule has 0 amide bonds. The van der Waals surface area contributed by atoms with Crippen molar-refractivity contribution >= 4 is 18.0 Å². The first-order chi connectivity index (χ1) is 9.11. The summed E-state index contributed by atoms with van der Waals surface area (Å²) in [4.78, 5) is 11.9. The molecular formula is C12H12N4O2S. The van der Waals surface area contributed by atoms with E-state index in [4.69, 9.17) is 0 Å². The maximum Gasteiger partial charge on any atom is 0.296 e. The molecule has 6 nitrogen and oxygen atoms in total. The summed E-state index contributed by atoms with van der Waals surface area (Å²) in [6, 6.07) is 6.59. The van der Waals surface area contributed by atoms with Crippen molar-refractivity contribution in [3.8, 4) is 5.75 Å². The highest BCUT2D eigenvalue weighted by Crippen LogP contribution is 2.10. The minimum Gasteiger partial charge on any atom is -0.508 e. The first-order valence-electron chi connectivity index (χ1n) is 5.45. The largest absolute Gasteiger partial charge is 0.508 e. The normalized spacial score (nSPS) is 11.1. The Bertz CT molecular complexity index is 682. The molecule has 1 aromatic carbocycles. The van der Waals surface area contributed by atoms with Crippen LogP contribution in [0, 0.1) is 6.92 Å². The zero-order chi connectivity index (χ0) is 13.8. The van der Waals surface area contributed by atoms with Gasteiger partial charge in [0.15, 0.2) is 0 Å². The van der Waals surface area contributed by atoms with E-state index >= 15 is 0 Å². The van der Waals surface area contributed by atoms with Gasteiger partial charge >= 0.3 is 0 Å². The molecule has 7 heteroatoms. The first kappa shape index (κ1) is 13.3. The number of nitrogens with zero attached hydrogens (tertiary/aromatic N) is 4. The van der Waals surface area contributed by atoms with E-state index in [1.807, 2.05) is 0 Å². The summed E-state index contributed by atoms with van der Waals surface area (Å²) in [6.45, 7) is 1.58. The molecule has 1 N–H and O–H groups in total. The van der Waals surface area contributed by atoms with E-state index in [0.717, 1.165) is 0 Å². The summed E-state index contributed by atoms with van der Waals surface area (Å²) in [5.74, 6) is 0.144. The molecule has 1 heterocycles. The van der Waals surface area contributed by atoms with Gasteiger partial charge in [0.1, 0.15) is 11.4 Å². The van der Waals surface area contributed by atoms with Crippen molar-refractivity contribution in [1.82, 2.24) is 14.9 Å². The third-order valence-corrected chi connectivity index (χ3v) is 2.96. The fourth-order valence-corrected chi connectivity index (χ4v) is 1.83. The van der Waals surface area contributed by atoms with Crippen LogP contribution in [0.2, 0.25) is 0 Å². The van der Waals surface area contributed by atoms with E-state index in [-0.39, 0.29) is 17.0 Å². The van der Waals surface area contributed by atoms with E-state index in [1.165, 1.54) is 22.7 Å². The van der Waals surface area contributed by atoms with Gasteiger partial charge in [0, 0.05) is 0 Å². The first-order valence-corrected chi connectivity index (χ1v) is 6.68. The van der Waals surface area contributed by atoms with Gasteiger partial charge in [0.2, 0.25) is 5.16 Å². The number of phenolic OH excluding ortho intramolecular Hbond substituents is 1. The summed E-state index contributed by atoms with van der Waals surface area (Å²) < 4.78 is 1.19. The van der Waals surface area contributed by atoms with Crippen LogP contribution in [0.3, 0.4) is 0 Å². The number of hydrogen-bond acceptors (Lipinski definition) is 6. The molecule has 0 radical (unpaired) electrons. The predicted octanol–water partition coefficient (Wildman–Crippen LogP) is 1.26. The number of aromatic nitrogens is 3. The molecule has 0 atom stereocenters. The Morgan fingerprint density at radius 3 is 2.89 bits per heavy atom. The summed E-state index contributed by atoms with van der Waals surface area (Å²) >= 11 is 1.28. The minimum atomic E-state index is -0.309. The van der Waals surface area contributed by atoms with Crippen LogP contribution in [0.4, 0.5) is 0 Å². The second-order valence-electron chi connectivity index (χ2n) is 3.73. The summed E-state index contributed by atoms with van der Waals surface area (Å²) in [7, 11) is 0. The zero-order valence-electron chi connectivity index (χ0n) is 10.4. The molecule has 0 aliphatic carbocycles. The lowest BCUT2D eigenvalue weighted by atomic mass is 10.2. The van der Waals surface area contributed by atoms with E-state index in [2.05, 4.69) is 15.3 Å². The lowest BCUT2D eigenvalue weighted by Crippen LogP contribution is -2.23. The fourth-order valence-electron chi connectivity index (χ4n) is 1.40. The molecule has 0 aliphatic rings. The van der Waals surface area contributed by atoms with Gasteiger partial charge in [-0.15, -0.1) is 10.2 Å². The SMILES string of the molecule is CSc1nnc(C)c(=O)n1/N=C/c1cccc(O)c1. The number of rotatable bonds is 3. The van der Waals surface area contributed by atoms with Gasteiger partial charge in [-0.1, -0.05) is 23.9 Å². The van der Waals surface area contributed by atoms with Crippen molar-refractivity contribution in [3.63, 3.8) is 0 Å². The topological polar surface area (TPSA) is 80.4 Å². The third kappa shape index (κ3) is 3.00. The van der Waals surface area contributed by atoms with Crippen molar-refractivity contribution in [1.29, 1.82) is 0 Å². The molecule has 1 aromatic heterocycles. The predicted molar refractivity (Wildman–Crippen MR) is 73.9 cm³/mol. The van der Waals surface area contributed by atoms with Crippen LogP contribution in [0.15, 0.2) is 39.3 Å². The van der Waals surface area contributed by atoms with Crippen LogP contribution in [0.5, 0.6) is 5.75 Å². The Hall–Kier alpha value is -2.15. The number of hydrogen-bond donors (Lipinski definition) is 1. The molecule has 2 rings (SSSR count). The number of aromatic hydroxyl groups is 1. The van der Waals surface area contributed by atoms with Crippen LogP contribution in [-0.4, -0.2) is 32.5 Å². The third-order valence-electron chi connectivity index (χ3n) is 2.34. The standard InChI is InChI=1S/C12H12N4O2S/c1-8-11(18)16(12(19-2)15-14-8)13-7-9-4-3-5-10(17)6-9/h3-7,17H,1-2H3/b13-7+. The maximum absolute atomic E-state index is 11.9. The van der Waals surface area contributed by atoms with Crippen molar-refractivity contribution in [3.05, 3.63) is 45.9 Å². The molecule has 2 aromatic rings.